The highest BCUT2D eigenvalue weighted by Crippen LogP contribution is 2.35. The molecule has 9 heteroatoms. The van der Waals surface area contributed by atoms with E-state index < -0.39 is 11.6 Å². The highest BCUT2D eigenvalue weighted by Gasteiger charge is 2.45. The first-order chi connectivity index (χ1) is 15.9. The molecule has 0 bridgehead atoms. The second kappa shape index (κ2) is 11.0. The van der Waals surface area contributed by atoms with Crippen LogP contribution >= 0.6 is 11.3 Å². The normalized spacial score (nSPS) is 20.0. The predicted octanol–water partition coefficient (Wildman–Crippen LogP) is 3.26. The number of carbonyl (C=O) groups excluding carboxylic acids is 1. The maximum absolute atomic E-state index is 12.9. The summed E-state index contributed by atoms with van der Waals surface area (Å²) in [5.41, 5.74) is 1.60. The van der Waals surface area contributed by atoms with E-state index >= 15 is 0 Å². The van der Waals surface area contributed by atoms with Gasteiger partial charge in [-0.05, 0) is 41.5 Å². The van der Waals surface area contributed by atoms with Gasteiger partial charge in [-0.15, -0.1) is 5.10 Å². The second-order valence-corrected chi connectivity index (χ2v) is 8.87. The topological polar surface area (TPSA) is 116 Å². The molecule has 8 nitrogen and oxygen atoms in total. The smallest absolute Gasteiger partial charge is 0.290 e. The summed E-state index contributed by atoms with van der Waals surface area (Å²) >= 11 is 1.48. The molecular formula is C24H28N4O4S. The molecule has 3 N–H and O–H groups in total. The standard InChI is InChI=1S/C23H26N4O2S.CH2O2/c1-16(2)19-8-9-21(26-25-19)27-12-11-23(20(28)14-27,18-6-4-3-5-7-18)24-22(29)17-10-13-30-15-17;2-1-3/h3-10,13,15-16,20,28H,11-12,14H2,1-2H3,(H,24,29);1H,(H,2,3)/t20-,23+;/m1./s1. The summed E-state index contributed by atoms with van der Waals surface area (Å²) in [7, 11) is 0. The zero-order valence-electron chi connectivity index (χ0n) is 18.6. The van der Waals surface area contributed by atoms with Crippen molar-refractivity contribution >= 4 is 29.5 Å². The molecule has 0 unspecified atom stereocenters. The number of piperidine rings is 1. The van der Waals surface area contributed by atoms with Gasteiger partial charge in [0.2, 0.25) is 0 Å². The van der Waals surface area contributed by atoms with Crippen LogP contribution in [-0.4, -0.2) is 52.0 Å². The van der Waals surface area contributed by atoms with Crippen molar-refractivity contribution in [3.63, 3.8) is 0 Å². The minimum Gasteiger partial charge on any atom is -0.483 e. The van der Waals surface area contributed by atoms with E-state index in [1.165, 1.54) is 11.3 Å². The van der Waals surface area contributed by atoms with E-state index in [0.29, 0.717) is 31.0 Å². The van der Waals surface area contributed by atoms with Gasteiger partial charge in [0.05, 0.1) is 22.9 Å². The Bertz CT molecular complexity index is 1030. The summed E-state index contributed by atoms with van der Waals surface area (Å²) in [6, 6.07) is 15.5. The second-order valence-electron chi connectivity index (χ2n) is 8.09. The summed E-state index contributed by atoms with van der Waals surface area (Å²) < 4.78 is 0. The molecule has 2 atom stereocenters. The fraction of sp³-hybridized carbons (Fsp3) is 0.333. The highest BCUT2D eigenvalue weighted by atomic mass is 32.1. The van der Waals surface area contributed by atoms with Crippen LogP contribution in [0.4, 0.5) is 5.82 Å². The molecule has 4 rings (SSSR count). The van der Waals surface area contributed by atoms with E-state index in [1.54, 1.807) is 6.07 Å². The van der Waals surface area contributed by atoms with Gasteiger partial charge in [0.25, 0.3) is 12.4 Å². The lowest BCUT2D eigenvalue weighted by atomic mass is 9.78. The lowest BCUT2D eigenvalue weighted by Crippen LogP contribution is -2.62. The van der Waals surface area contributed by atoms with Crippen molar-refractivity contribution < 1.29 is 19.8 Å². The SMILES string of the molecule is CC(C)c1ccc(N2CC[C@](NC(=O)c3ccsc3)(c3ccccc3)[C@H](O)C2)nn1.O=CO. The zero-order valence-corrected chi connectivity index (χ0v) is 19.4. The Hall–Kier alpha value is -3.30. The van der Waals surface area contributed by atoms with E-state index in [4.69, 9.17) is 9.90 Å². The molecule has 33 heavy (non-hydrogen) atoms. The summed E-state index contributed by atoms with van der Waals surface area (Å²) in [4.78, 5) is 23.3. The molecule has 2 aromatic heterocycles. The number of hydrogen-bond donors (Lipinski definition) is 3. The molecular weight excluding hydrogens is 440 g/mol. The van der Waals surface area contributed by atoms with Crippen LogP contribution in [0.15, 0.2) is 59.3 Å². The molecule has 174 valence electrons. The average Bonchev–Trinajstić information content (AvgIpc) is 3.37. The van der Waals surface area contributed by atoms with Gasteiger partial charge in [0.1, 0.15) is 0 Å². The molecule has 1 aliphatic rings. The third kappa shape index (κ3) is 5.55. The number of rotatable bonds is 5. The van der Waals surface area contributed by atoms with E-state index in [9.17, 15) is 9.90 Å². The molecule has 1 aliphatic heterocycles. The van der Waals surface area contributed by atoms with Crippen LogP contribution in [0.1, 0.15) is 47.8 Å². The van der Waals surface area contributed by atoms with E-state index in [0.717, 1.165) is 17.1 Å². The number of nitrogens with zero attached hydrogens (tertiary/aromatic N) is 3. The van der Waals surface area contributed by atoms with Crippen molar-refractivity contribution in [2.45, 2.75) is 37.8 Å². The number of benzene rings is 1. The Kier molecular flexibility index (Phi) is 8.13. The van der Waals surface area contributed by atoms with Crippen LogP contribution < -0.4 is 10.2 Å². The van der Waals surface area contributed by atoms with Crippen LogP contribution in [-0.2, 0) is 10.3 Å². The Morgan fingerprint density at radius 1 is 1.21 bits per heavy atom. The number of aliphatic hydroxyl groups excluding tert-OH is 1. The molecule has 0 saturated carbocycles. The monoisotopic (exact) mass is 468 g/mol. The number of aromatic nitrogens is 2. The zero-order chi connectivity index (χ0) is 23.8. The third-order valence-corrected chi connectivity index (χ3v) is 6.42. The first-order valence-corrected chi connectivity index (χ1v) is 11.6. The number of aliphatic hydroxyl groups is 1. The van der Waals surface area contributed by atoms with Gasteiger partial charge in [-0.3, -0.25) is 9.59 Å². The molecule has 0 spiro atoms. The summed E-state index contributed by atoms with van der Waals surface area (Å²) in [6.07, 6.45) is -0.246. The molecule has 0 radical (unpaired) electrons. The van der Waals surface area contributed by atoms with Crippen molar-refractivity contribution in [1.82, 2.24) is 15.5 Å². The molecule has 0 aliphatic carbocycles. The molecule has 3 heterocycles. The number of nitrogens with one attached hydrogen (secondary N) is 1. The van der Waals surface area contributed by atoms with E-state index in [2.05, 4.69) is 29.4 Å². The lowest BCUT2D eigenvalue weighted by molar-refractivity contribution is -0.122. The highest BCUT2D eigenvalue weighted by molar-refractivity contribution is 7.08. The molecule has 1 aromatic carbocycles. The first-order valence-electron chi connectivity index (χ1n) is 10.7. The van der Waals surface area contributed by atoms with Gasteiger partial charge in [-0.2, -0.15) is 16.4 Å². The molecule has 1 amide bonds. The van der Waals surface area contributed by atoms with Crippen molar-refractivity contribution in [3.8, 4) is 0 Å². The fourth-order valence-corrected chi connectivity index (χ4v) is 4.55. The third-order valence-electron chi connectivity index (χ3n) is 5.73. The maximum atomic E-state index is 12.9. The minimum atomic E-state index is -0.859. The first kappa shape index (κ1) is 24.3. The van der Waals surface area contributed by atoms with E-state index in [-0.39, 0.29) is 12.4 Å². The van der Waals surface area contributed by atoms with Gasteiger partial charge >= 0.3 is 0 Å². The van der Waals surface area contributed by atoms with Crippen molar-refractivity contribution in [2.75, 3.05) is 18.0 Å². The number of carbonyl (C=O) groups is 2. The van der Waals surface area contributed by atoms with Gasteiger partial charge in [-0.1, -0.05) is 44.2 Å². The van der Waals surface area contributed by atoms with Crippen LogP contribution in [0.25, 0.3) is 0 Å². The average molecular weight is 469 g/mol. The Balaban J connectivity index is 0.000000968. The van der Waals surface area contributed by atoms with Gasteiger partial charge in [0, 0.05) is 18.5 Å². The predicted molar refractivity (Wildman–Crippen MR) is 128 cm³/mol. The number of thiophene rings is 1. The van der Waals surface area contributed by atoms with Crippen LogP contribution in [0, 0.1) is 0 Å². The Morgan fingerprint density at radius 3 is 2.48 bits per heavy atom. The van der Waals surface area contributed by atoms with Gasteiger partial charge in [0.15, 0.2) is 5.82 Å². The Morgan fingerprint density at radius 2 is 1.94 bits per heavy atom. The molecule has 3 aromatic rings. The van der Waals surface area contributed by atoms with Crippen LogP contribution in [0.3, 0.4) is 0 Å². The van der Waals surface area contributed by atoms with Crippen molar-refractivity contribution in [1.29, 1.82) is 0 Å². The van der Waals surface area contributed by atoms with Crippen molar-refractivity contribution in [2.24, 2.45) is 0 Å². The quantitative estimate of drug-likeness (QED) is 0.492. The number of anilines is 1. The lowest BCUT2D eigenvalue weighted by Gasteiger charge is -2.46. The fourth-order valence-electron chi connectivity index (χ4n) is 3.91. The molecule has 1 saturated heterocycles. The minimum absolute atomic E-state index is 0.173. The summed E-state index contributed by atoms with van der Waals surface area (Å²) in [5.74, 6) is 0.884. The molecule has 1 fully saturated rings. The largest absolute Gasteiger partial charge is 0.483 e. The van der Waals surface area contributed by atoms with Gasteiger partial charge in [-0.25, -0.2) is 0 Å². The number of hydrogen-bond acceptors (Lipinski definition) is 7. The number of amides is 1. The number of β-amino-alcohol motifs (C(OH)–C–C–N with tert-alkyl or cyclic N) is 1. The van der Waals surface area contributed by atoms with Crippen LogP contribution in [0.5, 0.6) is 0 Å². The van der Waals surface area contributed by atoms with Gasteiger partial charge < -0.3 is 20.4 Å². The summed E-state index contributed by atoms with van der Waals surface area (Å²) in [6.45, 7) is 4.91. The number of carboxylic acid groups (broad SMARTS) is 1. The Labute approximate surface area is 196 Å². The van der Waals surface area contributed by atoms with Crippen molar-refractivity contribution in [3.05, 3.63) is 76.1 Å². The van der Waals surface area contributed by atoms with E-state index in [1.807, 2.05) is 58.1 Å². The van der Waals surface area contributed by atoms with Crippen LogP contribution in [0.2, 0.25) is 0 Å². The summed E-state index contributed by atoms with van der Waals surface area (Å²) in [5, 5.41) is 33.7. The maximum Gasteiger partial charge on any atom is 0.290 e.